The highest BCUT2D eigenvalue weighted by molar-refractivity contribution is 5.98. The van der Waals surface area contributed by atoms with Crippen LogP contribution in [-0.2, 0) is 4.79 Å². The van der Waals surface area contributed by atoms with E-state index in [1.807, 2.05) is 0 Å². The number of halogens is 1. The highest BCUT2D eigenvalue weighted by atomic mass is 19.1. The van der Waals surface area contributed by atoms with Crippen LogP contribution in [0.15, 0.2) is 47.6 Å². The smallest absolute Gasteiger partial charge is 0.262 e. The van der Waals surface area contributed by atoms with Gasteiger partial charge in [0.2, 0.25) is 0 Å². The number of benzene rings is 2. The lowest BCUT2D eigenvalue weighted by atomic mass is 10.0. The second-order valence-corrected chi connectivity index (χ2v) is 7.84. The Morgan fingerprint density at radius 3 is 2.55 bits per heavy atom. The van der Waals surface area contributed by atoms with Crippen LogP contribution in [0.3, 0.4) is 0 Å². The number of amides is 2. The molecule has 0 aliphatic carbocycles. The number of unbranched alkanes of at least 4 members (excludes halogenated alkanes) is 2. The van der Waals surface area contributed by atoms with Crippen LogP contribution in [0, 0.1) is 11.7 Å². The minimum absolute atomic E-state index is 0.124. The fourth-order valence-corrected chi connectivity index (χ4v) is 3.11. The van der Waals surface area contributed by atoms with Gasteiger partial charge in [-0.2, -0.15) is 5.10 Å². The number of nitrogens with zero attached hydrogens (tertiary/aromatic N) is 1. The second kappa shape index (κ2) is 13.2. The molecule has 2 aromatic carbocycles. The van der Waals surface area contributed by atoms with Crippen molar-refractivity contribution in [1.82, 2.24) is 10.7 Å². The molecule has 2 N–H and O–H groups in total. The van der Waals surface area contributed by atoms with Crippen molar-refractivity contribution in [3.8, 4) is 11.5 Å². The summed E-state index contributed by atoms with van der Waals surface area (Å²) in [6, 6.07) is 10.1. The van der Waals surface area contributed by atoms with Crippen molar-refractivity contribution >= 4 is 18.0 Å². The maximum atomic E-state index is 13.9. The van der Waals surface area contributed by atoms with E-state index in [4.69, 9.17) is 9.47 Å². The van der Waals surface area contributed by atoms with E-state index in [0.29, 0.717) is 23.7 Å². The number of carbonyl (C=O) groups excluding carboxylic acids is 2. The molecule has 7 nitrogen and oxygen atoms in total. The van der Waals surface area contributed by atoms with Gasteiger partial charge in [0.25, 0.3) is 11.8 Å². The first-order chi connectivity index (χ1) is 15.9. The third-order valence-electron chi connectivity index (χ3n) is 4.96. The Morgan fingerprint density at radius 2 is 1.88 bits per heavy atom. The molecule has 0 spiro atoms. The number of methoxy groups -OCH3 is 1. The monoisotopic (exact) mass is 457 g/mol. The summed E-state index contributed by atoms with van der Waals surface area (Å²) < 4.78 is 25.2. The number of para-hydroxylation sites is 1. The van der Waals surface area contributed by atoms with E-state index < -0.39 is 23.7 Å². The Labute approximate surface area is 194 Å². The predicted molar refractivity (Wildman–Crippen MR) is 126 cm³/mol. The van der Waals surface area contributed by atoms with E-state index in [9.17, 15) is 14.0 Å². The van der Waals surface area contributed by atoms with Gasteiger partial charge in [0.15, 0.2) is 11.5 Å². The van der Waals surface area contributed by atoms with Gasteiger partial charge in [-0.1, -0.05) is 51.8 Å². The van der Waals surface area contributed by atoms with Crippen molar-refractivity contribution in [1.29, 1.82) is 0 Å². The Bertz CT molecular complexity index is 962. The van der Waals surface area contributed by atoms with Crippen molar-refractivity contribution in [2.24, 2.45) is 11.0 Å². The number of carbonyl (C=O) groups is 2. The molecule has 1 atom stereocenters. The van der Waals surface area contributed by atoms with Gasteiger partial charge in [0.1, 0.15) is 11.9 Å². The van der Waals surface area contributed by atoms with Gasteiger partial charge >= 0.3 is 0 Å². The molecule has 2 aromatic rings. The SMILES string of the molecule is CCCCCOc1c(C=NNC(=O)C(NC(=O)c2ccccc2F)C(C)C)cccc1OC. The lowest BCUT2D eigenvalue weighted by molar-refractivity contribution is -0.123. The van der Waals surface area contributed by atoms with Crippen LogP contribution in [0.4, 0.5) is 4.39 Å². The van der Waals surface area contributed by atoms with E-state index in [1.54, 1.807) is 45.2 Å². The van der Waals surface area contributed by atoms with Crippen LogP contribution in [0.5, 0.6) is 11.5 Å². The highest BCUT2D eigenvalue weighted by Crippen LogP contribution is 2.30. The molecule has 2 amide bonds. The lowest BCUT2D eigenvalue weighted by Crippen LogP contribution is -2.48. The van der Waals surface area contributed by atoms with Gasteiger partial charge in [0.05, 0.1) is 25.5 Å². The summed E-state index contributed by atoms with van der Waals surface area (Å²) in [5, 5.41) is 6.62. The molecule has 0 heterocycles. The van der Waals surface area contributed by atoms with Crippen LogP contribution < -0.4 is 20.2 Å². The first-order valence-corrected chi connectivity index (χ1v) is 11.1. The molecule has 0 aliphatic heterocycles. The van der Waals surface area contributed by atoms with E-state index in [2.05, 4.69) is 22.8 Å². The average Bonchev–Trinajstić information content (AvgIpc) is 2.80. The zero-order valence-electron chi connectivity index (χ0n) is 19.6. The summed E-state index contributed by atoms with van der Waals surface area (Å²) in [5.74, 6) is -0.965. The standard InChI is InChI=1S/C25H32FN3O4/c1-5-6-9-15-33-23-18(11-10-14-21(23)32-4)16-27-29-25(31)22(17(2)3)28-24(30)19-12-7-8-13-20(19)26/h7-8,10-14,16-17,22H,5-6,9,15H2,1-4H3,(H,28,30)(H,29,31). The first kappa shape index (κ1) is 25.8. The number of ether oxygens (including phenoxy) is 2. The maximum absolute atomic E-state index is 13.9. The lowest BCUT2D eigenvalue weighted by Gasteiger charge is -2.20. The van der Waals surface area contributed by atoms with Crippen molar-refractivity contribution < 1.29 is 23.5 Å². The number of hydrazone groups is 1. The van der Waals surface area contributed by atoms with E-state index in [0.717, 1.165) is 19.3 Å². The molecular weight excluding hydrogens is 425 g/mol. The van der Waals surface area contributed by atoms with Crippen molar-refractivity contribution in [3.63, 3.8) is 0 Å². The molecule has 2 rings (SSSR count). The number of nitrogens with one attached hydrogen (secondary N) is 2. The van der Waals surface area contributed by atoms with Crippen LogP contribution >= 0.6 is 0 Å². The Hall–Kier alpha value is -3.42. The molecule has 8 heteroatoms. The summed E-state index contributed by atoms with van der Waals surface area (Å²) >= 11 is 0. The quantitative estimate of drug-likeness (QED) is 0.282. The van der Waals surface area contributed by atoms with Crippen LogP contribution in [-0.4, -0.2) is 37.8 Å². The first-order valence-electron chi connectivity index (χ1n) is 11.1. The zero-order chi connectivity index (χ0) is 24.2. The summed E-state index contributed by atoms with van der Waals surface area (Å²) in [4.78, 5) is 25.1. The Morgan fingerprint density at radius 1 is 1.12 bits per heavy atom. The summed E-state index contributed by atoms with van der Waals surface area (Å²) in [6.07, 6.45) is 4.52. The number of hydrogen-bond acceptors (Lipinski definition) is 5. The number of hydrogen-bond donors (Lipinski definition) is 2. The minimum atomic E-state index is -0.899. The molecule has 33 heavy (non-hydrogen) atoms. The molecule has 0 aliphatic rings. The molecule has 0 radical (unpaired) electrons. The molecular formula is C25H32FN3O4. The largest absolute Gasteiger partial charge is 0.493 e. The summed E-state index contributed by atoms with van der Waals surface area (Å²) in [6.45, 7) is 6.21. The summed E-state index contributed by atoms with van der Waals surface area (Å²) in [5.41, 5.74) is 2.97. The minimum Gasteiger partial charge on any atom is -0.493 e. The van der Waals surface area contributed by atoms with Crippen LogP contribution in [0.25, 0.3) is 0 Å². The fraction of sp³-hybridized carbons (Fsp3) is 0.400. The van der Waals surface area contributed by atoms with E-state index >= 15 is 0 Å². The summed E-state index contributed by atoms with van der Waals surface area (Å²) in [7, 11) is 1.56. The second-order valence-electron chi connectivity index (χ2n) is 7.84. The third-order valence-corrected chi connectivity index (χ3v) is 4.96. The van der Waals surface area contributed by atoms with Gasteiger partial charge in [-0.25, -0.2) is 9.82 Å². The molecule has 1 unspecified atom stereocenters. The molecule has 0 saturated carbocycles. The molecule has 0 fully saturated rings. The highest BCUT2D eigenvalue weighted by Gasteiger charge is 2.25. The van der Waals surface area contributed by atoms with Crippen LogP contribution in [0.2, 0.25) is 0 Å². The molecule has 0 aromatic heterocycles. The predicted octanol–water partition coefficient (Wildman–Crippen LogP) is 4.31. The number of rotatable bonds is 12. The van der Waals surface area contributed by atoms with Crippen LogP contribution in [0.1, 0.15) is 56.0 Å². The molecule has 0 bridgehead atoms. The Balaban J connectivity index is 2.08. The van der Waals surface area contributed by atoms with Gasteiger partial charge in [-0.05, 0) is 36.6 Å². The third kappa shape index (κ3) is 7.59. The van der Waals surface area contributed by atoms with Gasteiger partial charge in [-0.15, -0.1) is 0 Å². The van der Waals surface area contributed by atoms with Gasteiger partial charge in [-0.3, -0.25) is 9.59 Å². The maximum Gasteiger partial charge on any atom is 0.262 e. The molecule has 0 saturated heterocycles. The van der Waals surface area contributed by atoms with Gasteiger partial charge < -0.3 is 14.8 Å². The fourth-order valence-electron chi connectivity index (χ4n) is 3.11. The normalized spacial score (nSPS) is 11.9. The topological polar surface area (TPSA) is 89.0 Å². The van der Waals surface area contributed by atoms with Gasteiger partial charge in [0, 0.05) is 5.56 Å². The average molecular weight is 458 g/mol. The van der Waals surface area contributed by atoms with Crippen molar-refractivity contribution in [2.45, 2.75) is 46.1 Å². The zero-order valence-corrected chi connectivity index (χ0v) is 19.6. The Kier molecular flexibility index (Phi) is 10.3. The van der Waals surface area contributed by atoms with E-state index in [1.165, 1.54) is 24.4 Å². The van der Waals surface area contributed by atoms with E-state index in [-0.39, 0.29) is 11.5 Å². The van der Waals surface area contributed by atoms with Crippen molar-refractivity contribution in [3.05, 3.63) is 59.4 Å². The molecule has 178 valence electrons. The van der Waals surface area contributed by atoms with Crippen molar-refractivity contribution in [2.75, 3.05) is 13.7 Å².